The van der Waals surface area contributed by atoms with Gasteiger partial charge in [0.1, 0.15) is 6.54 Å². The molecule has 11 nitrogen and oxygen atoms in total. The number of fused-ring (bicyclic) bond motifs is 3. The maximum atomic E-state index is 13.6. The fraction of sp³-hybridized carbons (Fsp3) is 0.357. The predicted octanol–water partition coefficient (Wildman–Crippen LogP) is 2.92. The van der Waals surface area contributed by atoms with E-state index in [0.717, 1.165) is 46.6 Å². The molecule has 1 aromatic carbocycles. The van der Waals surface area contributed by atoms with Crippen LogP contribution in [0.15, 0.2) is 47.8 Å². The zero-order valence-electron chi connectivity index (χ0n) is 22.6. The molecule has 39 heavy (non-hydrogen) atoms. The van der Waals surface area contributed by atoms with E-state index >= 15 is 0 Å². The second-order valence-electron chi connectivity index (χ2n) is 10.1. The molecule has 1 aliphatic heterocycles. The summed E-state index contributed by atoms with van der Waals surface area (Å²) >= 11 is 0. The van der Waals surface area contributed by atoms with Gasteiger partial charge >= 0.3 is 5.69 Å². The van der Waals surface area contributed by atoms with E-state index < -0.39 is 0 Å². The van der Waals surface area contributed by atoms with Crippen molar-refractivity contribution in [3.63, 3.8) is 0 Å². The molecule has 200 valence electrons. The molecule has 0 saturated carbocycles. The van der Waals surface area contributed by atoms with Crippen LogP contribution in [-0.2, 0) is 18.4 Å². The van der Waals surface area contributed by atoms with Crippen LogP contribution in [0.2, 0.25) is 0 Å². The molecule has 1 fully saturated rings. The number of nitrogens with zero attached hydrogens (tertiary/aromatic N) is 9. The van der Waals surface area contributed by atoms with E-state index in [4.69, 9.17) is 0 Å². The van der Waals surface area contributed by atoms with Crippen LogP contribution in [0.1, 0.15) is 25.5 Å². The molecule has 6 rings (SSSR count). The second-order valence-corrected chi connectivity index (χ2v) is 10.1. The lowest BCUT2D eigenvalue weighted by Gasteiger charge is -2.14. The first-order valence-electron chi connectivity index (χ1n) is 13.2. The maximum absolute atomic E-state index is 13.6. The maximum Gasteiger partial charge on any atom is 0.333 e. The van der Waals surface area contributed by atoms with Crippen LogP contribution in [0.5, 0.6) is 0 Å². The summed E-state index contributed by atoms with van der Waals surface area (Å²) in [7, 11) is 3.50. The fourth-order valence-corrected chi connectivity index (χ4v) is 5.19. The lowest BCUT2D eigenvalue weighted by Crippen LogP contribution is -2.30. The summed E-state index contributed by atoms with van der Waals surface area (Å²) in [6, 6.07) is 5.99. The number of aromatic nitrogens is 7. The van der Waals surface area contributed by atoms with Crippen LogP contribution >= 0.6 is 0 Å². The number of imidazole rings is 1. The van der Waals surface area contributed by atoms with Gasteiger partial charge in [-0.3, -0.25) is 23.6 Å². The minimum atomic E-state index is -0.206. The molecule has 11 heteroatoms. The van der Waals surface area contributed by atoms with Crippen molar-refractivity contribution in [1.29, 1.82) is 0 Å². The molecule has 0 N–H and O–H groups in total. The van der Waals surface area contributed by atoms with Crippen LogP contribution in [0, 0.1) is 6.92 Å². The molecule has 0 atom stereocenters. The van der Waals surface area contributed by atoms with Gasteiger partial charge in [0.05, 0.1) is 40.3 Å². The Hall–Kier alpha value is -4.54. The van der Waals surface area contributed by atoms with E-state index in [1.54, 1.807) is 45.2 Å². The Bertz CT molecular complexity index is 1760. The molecule has 0 aliphatic carbocycles. The Morgan fingerprint density at radius 1 is 1.05 bits per heavy atom. The topological polar surface area (TPSA) is 107 Å². The molecule has 5 heterocycles. The number of amides is 1. The highest BCUT2D eigenvalue weighted by Gasteiger charge is 2.21. The van der Waals surface area contributed by atoms with E-state index in [1.165, 1.54) is 12.8 Å². The first kappa shape index (κ1) is 24.8. The first-order chi connectivity index (χ1) is 18.9. The minimum absolute atomic E-state index is 0.0472. The summed E-state index contributed by atoms with van der Waals surface area (Å²) in [5, 5.41) is 5.38. The molecule has 4 aromatic heterocycles. The van der Waals surface area contributed by atoms with Crippen LogP contribution < -0.4 is 10.6 Å². The van der Waals surface area contributed by atoms with Gasteiger partial charge < -0.3 is 9.80 Å². The highest BCUT2D eigenvalue weighted by molar-refractivity contribution is 6.04. The standard InChI is InChI=1S/C28H31N9O2/c1-5-33(3)25(38)17-36-16-24(18(2)32-36)37-26-21-12-19(8-9-22(21)29-15-23(26)34(4)28(37)39)20-13-30-27(31-14-20)35-10-6-7-11-35/h8-9,12-16H,5-7,10-11,17H2,1-4H3. The smallest absolute Gasteiger partial charge is 0.333 e. The Morgan fingerprint density at radius 3 is 2.51 bits per heavy atom. The van der Waals surface area contributed by atoms with E-state index in [1.807, 2.05) is 44.4 Å². The number of benzene rings is 1. The Balaban J connectivity index is 1.47. The fourth-order valence-electron chi connectivity index (χ4n) is 5.19. The average Bonchev–Trinajstić information content (AvgIpc) is 3.67. The van der Waals surface area contributed by atoms with Gasteiger partial charge in [0.2, 0.25) is 11.9 Å². The summed E-state index contributed by atoms with van der Waals surface area (Å²) in [5.74, 6) is 0.711. The average molecular weight is 526 g/mol. The number of hydrogen-bond acceptors (Lipinski definition) is 7. The lowest BCUT2D eigenvalue weighted by molar-refractivity contribution is -0.130. The number of hydrogen-bond donors (Lipinski definition) is 0. The van der Waals surface area contributed by atoms with E-state index in [9.17, 15) is 9.59 Å². The molecular formula is C28H31N9O2. The molecule has 0 radical (unpaired) electrons. The third kappa shape index (κ3) is 4.23. The SMILES string of the molecule is CCN(C)C(=O)Cn1cc(-n2c(=O)n(C)c3cnc4ccc(-c5cnc(N6CCCC6)nc5)cc4c32)c(C)n1. The zero-order chi connectivity index (χ0) is 27.3. The molecule has 1 amide bonds. The molecule has 0 bridgehead atoms. The number of aryl methyl sites for hydroxylation is 2. The summed E-state index contributed by atoms with van der Waals surface area (Å²) in [4.78, 5) is 43.8. The number of carbonyl (C=O) groups excluding carboxylic acids is 1. The largest absolute Gasteiger partial charge is 0.344 e. The number of anilines is 1. The Kier molecular flexibility index (Phi) is 6.13. The van der Waals surface area contributed by atoms with Crippen molar-refractivity contribution in [3.8, 4) is 16.8 Å². The highest BCUT2D eigenvalue weighted by Crippen LogP contribution is 2.30. The lowest BCUT2D eigenvalue weighted by atomic mass is 10.1. The predicted molar refractivity (Wildman–Crippen MR) is 150 cm³/mol. The molecular weight excluding hydrogens is 494 g/mol. The number of carbonyl (C=O) groups is 1. The van der Waals surface area contributed by atoms with Crippen molar-refractivity contribution in [2.75, 3.05) is 31.6 Å². The van der Waals surface area contributed by atoms with Crippen LogP contribution in [-0.4, -0.2) is 71.4 Å². The van der Waals surface area contributed by atoms with Gasteiger partial charge in [0.15, 0.2) is 0 Å². The summed E-state index contributed by atoms with van der Waals surface area (Å²) in [6.07, 6.45) is 9.53. The van der Waals surface area contributed by atoms with Crippen molar-refractivity contribution in [1.82, 2.24) is 38.8 Å². The highest BCUT2D eigenvalue weighted by atomic mass is 16.2. The molecule has 1 aliphatic rings. The van der Waals surface area contributed by atoms with Gasteiger partial charge in [-0.2, -0.15) is 5.10 Å². The van der Waals surface area contributed by atoms with Crippen LogP contribution in [0.3, 0.4) is 0 Å². The molecule has 5 aromatic rings. The van der Waals surface area contributed by atoms with Gasteiger partial charge in [-0.25, -0.2) is 14.8 Å². The van der Waals surface area contributed by atoms with Crippen LogP contribution in [0.25, 0.3) is 38.8 Å². The van der Waals surface area contributed by atoms with Crippen molar-refractivity contribution >= 4 is 33.8 Å². The van der Waals surface area contributed by atoms with Gasteiger partial charge in [-0.05, 0) is 44.4 Å². The number of pyridine rings is 1. The summed E-state index contributed by atoms with van der Waals surface area (Å²) in [6.45, 7) is 6.47. The zero-order valence-corrected chi connectivity index (χ0v) is 22.6. The minimum Gasteiger partial charge on any atom is -0.344 e. The van der Waals surface area contributed by atoms with Crippen molar-refractivity contribution < 1.29 is 4.79 Å². The third-order valence-electron chi connectivity index (χ3n) is 7.60. The molecule has 0 unspecified atom stereocenters. The van der Waals surface area contributed by atoms with Gasteiger partial charge in [0.25, 0.3) is 0 Å². The summed E-state index contributed by atoms with van der Waals surface area (Å²) in [5.41, 5.74) is 5.13. The van der Waals surface area contributed by atoms with Crippen molar-refractivity contribution in [2.45, 2.75) is 33.2 Å². The van der Waals surface area contributed by atoms with E-state index in [-0.39, 0.29) is 18.1 Å². The van der Waals surface area contributed by atoms with E-state index in [0.29, 0.717) is 23.4 Å². The van der Waals surface area contributed by atoms with Crippen LogP contribution in [0.4, 0.5) is 5.95 Å². The summed E-state index contributed by atoms with van der Waals surface area (Å²) < 4.78 is 4.86. The third-order valence-corrected chi connectivity index (χ3v) is 7.60. The molecule has 0 spiro atoms. The van der Waals surface area contributed by atoms with Gasteiger partial charge in [-0.15, -0.1) is 0 Å². The Labute approximate surface area is 225 Å². The first-order valence-corrected chi connectivity index (χ1v) is 13.2. The Morgan fingerprint density at radius 2 is 1.79 bits per heavy atom. The van der Waals surface area contributed by atoms with Gasteiger partial charge in [-0.1, -0.05) is 6.07 Å². The van der Waals surface area contributed by atoms with Gasteiger partial charge in [0, 0.05) is 57.1 Å². The quantitative estimate of drug-likeness (QED) is 0.336. The van der Waals surface area contributed by atoms with Crippen molar-refractivity contribution in [3.05, 3.63) is 59.2 Å². The number of rotatable bonds is 6. The normalized spacial score (nSPS) is 13.6. The van der Waals surface area contributed by atoms with Crippen molar-refractivity contribution in [2.24, 2.45) is 7.05 Å². The second kappa shape index (κ2) is 9.64. The molecule has 1 saturated heterocycles. The number of likely N-dealkylation sites (N-methyl/N-ethyl adjacent to an activating group) is 1. The van der Waals surface area contributed by atoms with E-state index in [2.05, 4.69) is 25.0 Å². The monoisotopic (exact) mass is 525 g/mol.